The Morgan fingerprint density at radius 2 is 1.88 bits per heavy atom. The van der Waals surface area contributed by atoms with Crippen LogP contribution < -0.4 is 14.8 Å². The molecule has 1 saturated heterocycles. The molecule has 260 valence electrons. The van der Waals surface area contributed by atoms with Crippen LogP contribution in [0.4, 0.5) is 11.6 Å². The van der Waals surface area contributed by atoms with Gasteiger partial charge in [0.25, 0.3) is 5.88 Å². The van der Waals surface area contributed by atoms with Gasteiger partial charge in [0.05, 0.1) is 50.4 Å². The minimum atomic E-state index is -0.275. The summed E-state index contributed by atoms with van der Waals surface area (Å²) in [5.74, 6) is 2.06. The van der Waals surface area contributed by atoms with E-state index in [1.807, 2.05) is 29.9 Å². The Morgan fingerprint density at radius 1 is 1.06 bits per heavy atom. The Kier molecular flexibility index (Phi) is 10.5. The van der Waals surface area contributed by atoms with E-state index in [0.29, 0.717) is 60.3 Å². The van der Waals surface area contributed by atoms with Crippen LogP contribution in [0.1, 0.15) is 56.5 Å². The van der Waals surface area contributed by atoms with Gasteiger partial charge < -0.3 is 23.9 Å². The number of oxazole rings is 1. The summed E-state index contributed by atoms with van der Waals surface area (Å²) in [6, 6.07) is 8.49. The average molecular weight is 681 g/mol. The van der Waals surface area contributed by atoms with Crippen molar-refractivity contribution in [3.05, 3.63) is 67.0 Å². The summed E-state index contributed by atoms with van der Waals surface area (Å²) in [5.41, 5.74) is 2.72. The summed E-state index contributed by atoms with van der Waals surface area (Å²) < 4.78 is 26.8. The van der Waals surface area contributed by atoms with Gasteiger partial charge in [-0.15, -0.1) is 10.2 Å². The van der Waals surface area contributed by atoms with Crippen molar-refractivity contribution in [2.24, 2.45) is 0 Å². The van der Waals surface area contributed by atoms with Crippen molar-refractivity contribution in [2.45, 2.75) is 70.2 Å². The highest BCUT2D eigenvalue weighted by Crippen LogP contribution is 2.35. The van der Waals surface area contributed by atoms with Crippen molar-refractivity contribution >= 4 is 11.6 Å². The fourth-order valence-corrected chi connectivity index (χ4v) is 6.49. The van der Waals surface area contributed by atoms with E-state index in [0.717, 1.165) is 69.5 Å². The number of anilines is 2. The second-order valence-corrected chi connectivity index (χ2v) is 12.5. The van der Waals surface area contributed by atoms with Gasteiger partial charge in [-0.05, 0) is 67.2 Å². The highest BCUT2D eigenvalue weighted by Gasteiger charge is 2.29. The largest absolute Gasteiger partial charge is 0.487 e. The molecule has 1 N–H and O–H groups in total. The third-order valence-electron chi connectivity index (χ3n) is 9.06. The van der Waals surface area contributed by atoms with Gasteiger partial charge in [0, 0.05) is 43.5 Å². The molecule has 4 aromatic heterocycles. The Morgan fingerprint density at radius 3 is 2.62 bits per heavy atom. The molecule has 1 atom stereocenters. The predicted molar refractivity (Wildman–Crippen MR) is 180 cm³/mol. The molecule has 1 aliphatic heterocycles. The van der Waals surface area contributed by atoms with Crippen molar-refractivity contribution in [3.63, 3.8) is 0 Å². The molecule has 0 spiro atoms. The number of hydrogen-bond donors (Lipinski definition) is 1. The highest BCUT2D eigenvalue weighted by molar-refractivity contribution is 5.67. The number of morpholine rings is 1. The molecule has 7 rings (SSSR count). The second-order valence-electron chi connectivity index (χ2n) is 12.5. The van der Waals surface area contributed by atoms with Gasteiger partial charge >= 0.3 is 0 Å². The third kappa shape index (κ3) is 8.24. The van der Waals surface area contributed by atoms with Crippen molar-refractivity contribution in [2.75, 3.05) is 38.2 Å². The van der Waals surface area contributed by atoms with E-state index in [4.69, 9.17) is 23.7 Å². The molecular weight excluding hydrogens is 640 g/mol. The number of benzene rings is 1. The zero-order chi connectivity index (χ0) is 34.1. The van der Waals surface area contributed by atoms with Gasteiger partial charge in [-0.25, -0.2) is 19.6 Å². The van der Waals surface area contributed by atoms with Crippen LogP contribution >= 0.6 is 0 Å². The molecule has 50 heavy (non-hydrogen) atoms. The number of nitriles is 1. The lowest BCUT2D eigenvalue weighted by molar-refractivity contribution is 0.00503. The van der Waals surface area contributed by atoms with E-state index in [9.17, 15) is 5.26 Å². The van der Waals surface area contributed by atoms with E-state index in [1.54, 1.807) is 35.6 Å². The Hall–Kier alpha value is -5.40. The highest BCUT2D eigenvalue weighted by atomic mass is 16.5. The van der Waals surface area contributed by atoms with Crippen LogP contribution in [0.2, 0.25) is 0 Å². The lowest BCUT2D eigenvalue weighted by Gasteiger charge is -2.38. The third-order valence-corrected chi connectivity index (χ3v) is 9.06. The van der Waals surface area contributed by atoms with Crippen LogP contribution in [-0.2, 0) is 17.7 Å². The molecule has 2 aliphatic rings. The molecule has 0 amide bonds. The maximum atomic E-state index is 9.68. The minimum Gasteiger partial charge on any atom is -0.487 e. The number of tetrazole rings is 1. The Bertz CT molecular complexity index is 1820. The quantitative estimate of drug-likeness (QED) is 0.165. The van der Waals surface area contributed by atoms with Gasteiger partial charge in [0.1, 0.15) is 36.2 Å². The van der Waals surface area contributed by atoms with Crippen LogP contribution in [0.15, 0.2) is 60.0 Å². The van der Waals surface area contributed by atoms with Gasteiger partial charge in [-0.2, -0.15) is 5.26 Å². The van der Waals surface area contributed by atoms with Crippen LogP contribution in [0.3, 0.4) is 0 Å². The molecule has 16 heteroatoms. The fourth-order valence-electron chi connectivity index (χ4n) is 6.49. The van der Waals surface area contributed by atoms with E-state index in [-0.39, 0.29) is 12.1 Å². The van der Waals surface area contributed by atoms with Crippen LogP contribution in [0, 0.1) is 11.3 Å². The van der Waals surface area contributed by atoms with Gasteiger partial charge in [-0.1, -0.05) is 6.07 Å². The summed E-state index contributed by atoms with van der Waals surface area (Å²) in [5, 5.41) is 29.1. The van der Waals surface area contributed by atoms with Gasteiger partial charge in [-0.3, -0.25) is 9.58 Å². The standard InChI is InChI=1S/C34H40N12O4/c1-24(21-45-23-39-42-43-45)50-31-17-25(4-5-26(31)18-35)27-19-37-34(38-20-27)40-30-22-46(41-33(30)49-13-2-3-32-36-10-14-48-32)29-8-6-28(7-9-29)44-11-15-47-16-12-44/h4-5,10,14,17,19-20,22-24,28-29H,2-3,6-9,11-13,15-16,21H2,1H3,(H,37,38,40)/t24-,28?,29?/m0/s1. The van der Waals surface area contributed by atoms with Gasteiger partial charge in [0.15, 0.2) is 5.89 Å². The Labute approximate surface area is 289 Å². The first-order chi connectivity index (χ1) is 24.6. The summed E-state index contributed by atoms with van der Waals surface area (Å²) in [4.78, 5) is 16.0. The van der Waals surface area contributed by atoms with Crippen LogP contribution in [-0.4, -0.2) is 94.9 Å². The lowest BCUT2D eigenvalue weighted by Crippen LogP contribution is -2.45. The monoisotopic (exact) mass is 680 g/mol. The molecule has 1 aliphatic carbocycles. The minimum absolute atomic E-state index is 0.275. The fraction of sp³-hybridized carbons (Fsp3) is 0.471. The molecule has 1 aromatic carbocycles. The SMILES string of the molecule is C[C@@H](Cn1cnnn1)Oc1cc(-c2cnc(Nc3cn(C4CCC(N5CCOCC5)CC4)nc3OCCCc3ncco3)nc2)ccc1C#N. The van der Waals surface area contributed by atoms with Gasteiger partial charge in [0.2, 0.25) is 5.95 Å². The first-order valence-electron chi connectivity index (χ1n) is 17.0. The van der Waals surface area contributed by atoms with E-state index >= 15 is 0 Å². The van der Waals surface area contributed by atoms with Crippen LogP contribution in [0.5, 0.6) is 11.6 Å². The number of aromatic nitrogens is 9. The predicted octanol–water partition coefficient (Wildman–Crippen LogP) is 4.22. The Balaban J connectivity index is 1.03. The first kappa shape index (κ1) is 33.1. The smallest absolute Gasteiger partial charge is 0.256 e. The topological polar surface area (TPSA) is 180 Å². The van der Waals surface area contributed by atoms with Crippen molar-refractivity contribution in [3.8, 4) is 28.8 Å². The zero-order valence-corrected chi connectivity index (χ0v) is 28.0. The molecule has 16 nitrogen and oxygen atoms in total. The average Bonchev–Trinajstić information content (AvgIpc) is 3.95. The lowest BCUT2D eigenvalue weighted by atomic mass is 9.90. The van der Waals surface area contributed by atoms with Crippen LogP contribution in [0.25, 0.3) is 11.1 Å². The van der Waals surface area contributed by atoms with E-state index < -0.39 is 0 Å². The number of nitrogens with one attached hydrogen (secondary N) is 1. The zero-order valence-electron chi connectivity index (χ0n) is 28.0. The van der Waals surface area contributed by atoms with E-state index in [2.05, 4.69) is 46.8 Å². The second kappa shape index (κ2) is 15.9. The molecule has 0 bridgehead atoms. The number of aryl methyl sites for hydroxylation is 1. The summed E-state index contributed by atoms with van der Waals surface area (Å²) in [7, 11) is 0. The molecule has 0 unspecified atom stereocenters. The van der Waals surface area contributed by atoms with E-state index in [1.165, 1.54) is 6.33 Å². The summed E-state index contributed by atoms with van der Waals surface area (Å²) in [6.07, 6.45) is 15.7. The number of hydrogen-bond acceptors (Lipinski definition) is 14. The van der Waals surface area contributed by atoms with Crippen molar-refractivity contribution in [1.82, 2.24) is 49.8 Å². The van der Waals surface area contributed by atoms with Crippen molar-refractivity contribution in [1.29, 1.82) is 5.26 Å². The molecule has 0 radical (unpaired) electrons. The number of ether oxygens (including phenoxy) is 3. The normalized spacial score (nSPS) is 18.7. The molecular formula is C34H40N12O4. The number of rotatable bonds is 14. The summed E-state index contributed by atoms with van der Waals surface area (Å²) in [6.45, 7) is 6.45. The van der Waals surface area contributed by atoms with Crippen molar-refractivity contribution < 1.29 is 18.6 Å². The molecule has 2 fully saturated rings. The maximum absolute atomic E-state index is 9.68. The number of nitrogens with zero attached hydrogens (tertiary/aromatic N) is 11. The molecule has 5 heterocycles. The maximum Gasteiger partial charge on any atom is 0.256 e. The molecule has 1 saturated carbocycles. The summed E-state index contributed by atoms with van der Waals surface area (Å²) >= 11 is 0. The first-order valence-corrected chi connectivity index (χ1v) is 17.0. The molecule has 5 aromatic rings.